The monoisotopic (exact) mass is 858 g/mol. The molecule has 0 bridgehead atoms. The lowest BCUT2D eigenvalue weighted by molar-refractivity contribution is 0.0491. The zero-order valence-corrected chi connectivity index (χ0v) is 36.4. The van der Waals surface area contributed by atoms with E-state index in [0.717, 1.165) is 97.3 Å². The Hall–Kier alpha value is -6.06. The zero-order chi connectivity index (χ0) is 43.4. The molecule has 0 spiro atoms. The maximum Gasteiger partial charge on any atom is 0.407 e. The van der Waals surface area contributed by atoms with Crippen LogP contribution in [0, 0.1) is 12.8 Å². The molecule has 2 aromatic carbocycles. The summed E-state index contributed by atoms with van der Waals surface area (Å²) in [5.74, 6) is 0.103. The third kappa shape index (κ3) is 9.84. The number of rotatable bonds is 12. The van der Waals surface area contributed by atoms with Crippen LogP contribution in [0.1, 0.15) is 80.8 Å². The molecule has 15 heteroatoms. The highest BCUT2D eigenvalue weighted by molar-refractivity contribution is 7.90. The van der Waals surface area contributed by atoms with Gasteiger partial charge in [-0.1, -0.05) is 29.8 Å². The largest absolute Gasteiger partial charge is 0.444 e. The van der Waals surface area contributed by atoms with Crippen molar-refractivity contribution in [3.8, 4) is 11.1 Å². The summed E-state index contributed by atoms with van der Waals surface area (Å²) in [5.41, 5.74) is 5.54. The van der Waals surface area contributed by atoms with Gasteiger partial charge in [0.15, 0.2) is 5.65 Å². The fourth-order valence-electron chi connectivity index (χ4n) is 8.14. The Kier molecular flexibility index (Phi) is 12.5. The fraction of sp³-hybridized carbons (Fsp3) is 0.383. The van der Waals surface area contributed by atoms with Crippen molar-refractivity contribution in [1.82, 2.24) is 29.6 Å². The molecule has 0 atom stereocenters. The van der Waals surface area contributed by atoms with Gasteiger partial charge in [-0.05, 0) is 120 Å². The van der Waals surface area contributed by atoms with Gasteiger partial charge in [0, 0.05) is 79.5 Å². The molecule has 14 nitrogen and oxygen atoms in total. The van der Waals surface area contributed by atoms with Gasteiger partial charge in [-0.2, -0.15) is 0 Å². The molecule has 1 aliphatic carbocycles. The molecule has 4 N–H and O–H groups in total. The lowest BCUT2D eigenvalue weighted by Crippen LogP contribution is -2.42. The number of carbonyl (C=O) groups is 2. The van der Waals surface area contributed by atoms with Gasteiger partial charge >= 0.3 is 6.09 Å². The van der Waals surface area contributed by atoms with Crippen molar-refractivity contribution >= 4 is 55.3 Å². The molecular formula is C47H54N8O6S. The Bertz CT molecular complexity index is 2670. The molecule has 0 unspecified atom stereocenters. The molecule has 62 heavy (non-hydrogen) atoms. The number of nitrogens with zero attached hydrogens (tertiary/aromatic N) is 4. The molecule has 2 aliphatic rings. The van der Waals surface area contributed by atoms with E-state index in [0.29, 0.717) is 16.9 Å². The molecule has 4 aromatic heterocycles. The van der Waals surface area contributed by atoms with E-state index in [1.165, 1.54) is 10.2 Å². The number of benzene rings is 2. The molecule has 2 fully saturated rings. The van der Waals surface area contributed by atoms with Crippen molar-refractivity contribution in [3.63, 3.8) is 0 Å². The van der Waals surface area contributed by atoms with Crippen LogP contribution in [0.15, 0.2) is 96.5 Å². The van der Waals surface area contributed by atoms with E-state index in [2.05, 4.69) is 31.2 Å². The third-order valence-corrected chi connectivity index (χ3v) is 13.2. The van der Waals surface area contributed by atoms with Crippen LogP contribution in [0.5, 0.6) is 0 Å². The fourth-order valence-corrected chi connectivity index (χ4v) is 9.47. The van der Waals surface area contributed by atoms with Crippen LogP contribution in [0.3, 0.4) is 0 Å². The van der Waals surface area contributed by atoms with Crippen LogP contribution >= 0.6 is 0 Å². The van der Waals surface area contributed by atoms with Crippen molar-refractivity contribution in [2.24, 2.45) is 5.92 Å². The minimum absolute atomic E-state index is 0.0132. The van der Waals surface area contributed by atoms with Gasteiger partial charge < -0.3 is 30.7 Å². The number of anilines is 2. The van der Waals surface area contributed by atoms with E-state index in [4.69, 9.17) is 14.5 Å². The quantitative estimate of drug-likeness (QED) is 0.0933. The molecule has 0 radical (unpaired) electrons. The molecule has 1 saturated heterocycles. The van der Waals surface area contributed by atoms with Gasteiger partial charge in [0.2, 0.25) is 0 Å². The zero-order valence-electron chi connectivity index (χ0n) is 35.6. The number of aryl methyl sites for hydroxylation is 1. The van der Waals surface area contributed by atoms with Crippen LogP contribution in [0.25, 0.3) is 33.1 Å². The number of aromatic nitrogens is 4. The first-order valence-corrected chi connectivity index (χ1v) is 22.8. The van der Waals surface area contributed by atoms with Gasteiger partial charge in [0.05, 0.1) is 33.5 Å². The second-order valence-electron chi connectivity index (χ2n) is 17.4. The van der Waals surface area contributed by atoms with E-state index in [1.54, 1.807) is 55.0 Å². The van der Waals surface area contributed by atoms with E-state index >= 15 is 0 Å². The highest BCUT2D eigenvalue weighted by Gasteiger charge is 2.28. The number of amides is 2. The number of fused-ring (bicyclic) bond motifs is 2. The Labute approximate surface area is 362 Å². The van der Waals surface area contributed by atoms with Gasteiger partial charge in [-0.3, -0.25) is 14.8 Å². The maximum atomic E-state index is 14.3. The van der Waals surface area contributed by atoms with Gasteiger partial charge in [0.25, 0.3) is 15.9 Å². The van der Waals surface area contributed by atoms with Crippen molar-refractivity contribution in [3.05, 3.63) is 108 Å². The number of alkyl carbamates (subject to hydrolysis) is 1. The summed E-state index contributed by atoms with van der Waals surface area (Å²) >= 11 is 0. The average molecular weight is 859 g/mol. The van der Waals surface area contributed by atoms with E-state index in [9.17, 15) is 18.0 Å². The smallest absolute Gasteiger partial charge is 0.407 e. The Morgan fingerprint density at radius 2 is 1.65 bits per heavy atom. The van der Waals surface area contributed by atoms with E-state index in [-0.39, 0.29) is 40.6 Å². The van der Waals surface area contributed by atoms with Gasteiger partial charge in [-0.15, -0.1) is 0 Å². The summed E-state index contributed by atoms with van der Waals surface area (Å²) in [5, 5.41) is 14.9. The summed E-state index contributed by atoms with van der Waals surface area (Å²) in [6, 6.07) is 18.1. The highest BCUT2D eigenvalue weighted by Crippen LogP contribution is 2.39. The van der Waals surface area contributed by atoms with E-state index in [1.807, 2.05) is 58.2 Å². The van der Waals surface area contributed by atoms with Gasteiger partial charge in [0.1, 0.15) is 5.60 Å². The molecule has 6 aromatic rings. The summed E-state index contributed by atoms with van der Waals surface area (Å²) in [7, 11) is -4.10. The molecule has 1 saturated carbocycles. The third-order valence-electron chi connectivity index (χ3n) is 11.5. The predicted molar refractivity (Wildman–Crippen MR) is 241 cm³/mol. The number of hydrogen-bond acceptors (Lipinski definition) is 11. The van der Waals surface area contributed by atoms with Gasteiger partial charge in [-0.25, -0.2) is 22.2 Å². The number of ether oxygens (including phenoxy) is 2. The predicted octanol–water partition coefficient (Wildman–Crippen LogP) is 8.21. The van der Waals surface area contributed by atoms with Crippen LogP contribution in [-0.4, -0.2) is 76.8 Å². The molecule has 2 amide bonds. The first-order chi connectivity index (χ1) is 29.8. The normalized spacial score (nSPS) is 17.4. The number of hydrogen-bond donors (Lipinski definition) is 4. The van der Waals surface area contributed by atoms with Crippen molar-refractivity contribution in [1.29, 1.82) is 0 Å². The average Bonchev–Trinajstić information content (AvgIpc) is 3.66. The lowest BCUT2D eigenvalue weighted by Gasteiger charge is -2.32. The number of carbonyl (C=O) groups excluding carboxylic acids is 2. The van der Waals surface area contributed by atoms with Crippen molar-refractivity contribution in [2.45, 2.75) is 95.3 Å². The maximum absolute atomic E-state index is 14.3. The highest BCUT2D eigenvalue weighted by atomic mass is 32.2. The first kappa shape index (κ1) is 42.6. The Morgan fingerprint density at radius 1 is 0.887 bits per heavy atom. The summed E-state index contributed by atoms with van der Waals surface area (Å²) in [4.78, 5) is 39.9. The van der Waals surface area contributed by atoms with E-state index < -0.39 is 21.7 Å². The molecule has 8 rings (SSSR count). The Morgan fingerprint density at radius 3 is 2.37 bits per heavy atom. The molecular weight excluding hydrogens is 805 g/mol. The lowest BCUT2D eigenvalue weighted by atomic mass is 9.90. The van der Waals surface area contributed by atoms with Crippen LogP contribution in [0.4, 0.5) is 16.2 Å². The first-order valence-electron chi connectivity index (χ1n) is 21.3. The second-order valence-corrected chi connectivity index (χ2v) is 19.2. The number of nitrogens with one attached hydrogen (secondary N) is 4. The summed E-state index contributed by atoms with van der Waals surface area (Å²) in [6.07, 6.45) is 13.0. The van der Waals surface area contributed by atoms with Crippen molar-refractivity contribution < 1.29 is 27.5 Å². The Balaban J connectivity index is 1.17. The second kappa shape index (κ2) is 18.1. The number of pyridine rings is 3. The minimum atomic E-state index is -4.10. The molecule has 324 valence electrons. The SMILES string of the molecule is Cc1ccc(S(=O)(=O)n2cc(-c3ccc4ncc(NCC5CCOCC5)c(NC5CCC(NC(=O)OC(C)(C)C)CC5)c4c3)c3cc(C(=O)NCc4cccnc4)cnc32)cc1. The summed E-state index contributed by atoms with van der Waals surface area (Å²) < 4.78 is 41.0. The standard InChI is InChI=1S/C47H54N8O6S/c1-30-7-14-37(15-8-30)62(58,59)55-29-40(38-23-34(27-51-44(38)55)45(56)52-26-32-6-5-19-48-24-32)33-9-16-41-39(22-33)43(42(28-50-41)49-25-31-17-20-60-21-18-31)53-35-10-12-36(13-11-35)54-46(57)61-47(2,3)4/h5-9,14-16,19,22-24,27-29,31,35-36,49H,10-13,17-18,20-21,25-26H2,1-4H3,(H,50,53)(H,52,56)(H,54,57). The topological polar surface area (TPSA) is 178 Å². The van der Waals surface area contributed by atoms with Crippen LogP contribution in [-0.2, 0) is 26.0 Å². The molecule has 1 aliphatic heterocycles. The minimum Gasteiger partial charge on any atom is -0.444 e. The molecule has 5 heterocycles. The van der Waals surface area contributed by atoms with Crippen molar-refractivity contribution in [2.75, 3.05) is 30.4 Å². The van der Waals surface area contributed by atoms with Crippen LogP contribution < -0.4 is 21.3 Å². The summed E-state index contributed by atoms with van der Waals surface area (Å²) in [6.45, 7) is 9.99. The van der Waals surface area contributed by atoms with Crippen LogP contribution in [0.2, 0.25) is 0 Å².